The van der Waals surface area contributed by atoms with Crippen molar-refractivity contribution in [3.05, 3.63) is 35.6 Å². The number of halogens is 1. The van der Waals surface area contributed by atoms with Gasteiger partial charge in [0.05, 0.1) is 18.6 Å². The van der Waals surface area contributed by atoms with E-state index in [0.717, 1.165) is 12.8 Å². The fourth-order valence-electron chi connectivity index (χ4n) is 3.95. The number of methoxy groups -OCH3 is 1. The first-order valence-electron chi connectivity index (χ1n) is 8.38. The molecule has 0 radical (unpaired) electrons. The second-order valence-electron chi connectivity index (χ2n) is 6.65. The number of amides is 2. The monoisotopic (exact) mass is 334 g/mol. The maximum atomic E-state index is 14.4. The van der Waals surface area contributed by atoms with Crippen LogP contribution in [0.4, 0.5) is 4.39 Å². The lowest BCUT2D eigenvalue weighted by atomic mass is 9.76. The van der Waals surface area contributed by atoms with Gasteiger partial charge in [0.15, 0.2) is 0 Å². The van der Waals surface area contributed by atoms with Crippen molar-refractivity contribution >= 4 is 11.8 Å². The summed E-state index contributed by atoms with van der Waals surface area (Å²) in [4.78, 5) is 26.2. The van der Waals surface area contributed by atoms with Crippen LogP contribution in [0.15, 0.2) is 24.3 Å². The third-order valence-corrected chi connectivity index (χ3v) is 5.11. The molecule has 130 valence electrons. The number of nitrogens with one attached hydrogen (secondary N) is 1. The molecule has 1 spiro atoms. The van der Waals surface area contributed by atoms with E-state index in [1.807, 2.05) is 0 Å². The van der Waals surface area contributed by atoms with Crippen molar-refractivity contribution in [2.75, 3.05) is 26.8 Å². The number of carbonyl (C=O) groups excluding carboxylic acids is 2. The first-order valence-corrected chi connectivity index (χ1v) is 8.38. The number of piperidine rings is 1. The first kappa shape index (κ1) is 16.9. The highest BCUT2D eigenvalue weighted by molar-refractivity contribution is 5.80. The molecule has 2 fully saturated rings. The molecule has 0 saturated carbocycles. The quantitative estimate of drug-likeness (QED) is 0.914. The number of benzene rings is 1. The molecule has 1 aromatic carbocycles. The van der Waals surface area contributed by atoms with Crippen LogP contribution < -0.4 is 5.32 Å². The highest BCUT2D eigenvalue weighted by atomic mass is 19.1. The van der Waals surface area contributed by atoms with Gasteiger partial charge in [-0.1, -0.05) is 18.2 Å². The Balaban J connectivity index is 1.90. The normalized spacial score (nSPS) is 26.7. The highest BCUT2D eigenvalue weighted by Crippen LogP contribution is 2.42. The maximum absolute atomic E-state index is 14.4. The number of hydrogen-bond acceptors (Lipinski definition) is 3. The summed E-state index contributed by atoms with van der Waals surface area (Å²) < 4.78 is 19.4. The van der Waals surface area contributed by atoms with E-state index < -0.39 is 5.54 Å². The smallest absolute Gasteiger partial charge is 0.224 e. The summed E-state index contributed by atoms with van der Waals surface area (Å²) in [5.74, 6) is -0.550. The average molecular weight is 334 g/mol. The van der Waals surface area contributed by atoms with Crippen LogP contribution in [0, 0.1) is 5.82 Å². The zero-order chi connectivity index (χ0) is 17.2. The molecule has 24 heavy (non-hydrogen) atoms. The van der Waals surface area contributed by atoms with Crippen LogP contribution in [0.1, 0.15) is 37.2 Å². The van der Waals surface area contributed by atoms with E-state index in [1.54, 1.807) is 30.2 Å². The zero-order valence-electron chi connectivity index (χ0n) is 13.9. The minimum absolute atomic E-state index is 0.0186. The van der Waals surface area contributed by atoms with Crippen LogP contribution in [-0.4, -0.2) is 49.1 Å². The van der Waals surface area contributed by atoms with Crippen LogP contribution in [-0.2, 0) is 14.3 Å². The topological polar surface area (TPSA) is 58.6 Å². The molecule has 2 atom stereocenters. The largest absolute Gasteiger partial charge is 0.384 e. The van der Waals surface area contributed by atoms with Gasteiger partial charge < -0.3 is 15.0 Å². The summed E-state index contributed by atoms with van der Waals surface area (Å²) in [6.07, 6.45) is 2.30. The average Bonchev–Trinajstić information content (AvgIpc) is 2.91. The summed E-state index contributed by atoms with van der Waals surface area (Å²) in [6, 6.07) is 6.64. The Morgan fingerprint density at radius 2 is 2.25 bits per heavy atom. The van der Waals surface area contributed by atoms with Crippen molar-refractivity contribution in [2.24, 2.45) is 0 Å². The van der Waals surface area contributed by atoms with E-state index in [2.05, 4.69) is 5.32 Å². The van der Waals surface area contributed by atoms with Crippen molar-refractivity contribution in [1.82, 2.24) is 10.2 Å². The molecule has 2 aliphatic rings. The van der Waals surface area contributed by atoms with Crippen LogP contribution in [0.25, 0.3) is 0 Å². The number of ether oxygens (including phenoxy) is 1. The minimum atomic E-state index is -0.569. The predicted molar refractivity (Wildman–Crippen MR) is 86.9 cm³/mol. The fraction of sp³-hybridized carbons (Fsp3) is 0.556. The van der Waals surface area contributed by atoms with E-state index in [4.69, 9.17) is 4.74 Å². The summed E-state index contributed by atoms with van der Waals surface area (Å²) in [5, 5.41) is 3.08. The van der Waals surface area contributed by atoms with E-state index in [0.29, 0.717) is 38.1 Å². The van der Waals surface area contributed by atoms with Gasteiger partial charge >= 0.3 is 0 Å². The van der Waals surface area contributed by atoms with Gasteiger partial charge in [0.25, 0.3) is 0 Å². The van der Waals surface area contributed by atoms with Gasteiger partial charge in [-0.2, -0.15) is 0 Å². The fourth-order valence-corrected chi connectivity index (χ4v) is 3.95. The third-order valence-electron chi connectivity index (χ3n) is 5.11. The lowest BCUT2D eigenvalue weighted by Gasteiger charge is -2.39. The van der Waals surface area contributed by atoms with E-state index in [9.17, 15) is 14.0 Å². The lowest BCUT2D eigenvalue weighted by Crippen LogP contribution is -2.56. The highest BCUT2D eigenvalue weighted by Gasteiger charge is 2.51. The van der Waals surface area contributed by atoms with Gasteiger partial charge in [-0.05, 0) is 24.5 Å². The molecular weight excluding hydrogens is 311 g/mol. The first-order chi connectivity index (χ1) is 11.6. The molecule has 0 aromatic heterocycles. The molecule has 0 aliphatic carbocycles. The standard InChI is InChI=1S/C18H23FN2O3/c1-24-10-8-17(23)21-11-14(13-5-2-3-6-15(13)19)18(12-21)9-4-7-16(22)20-18/h2-3,5-6,14H,4,7-12H2,1H3,(H,20,22)/t14-,18+/m0/s1. The SMILES string of the molecule is COCCC(=O)N1C[C@@H](c2ccccc2F)[C@@]2(CCCC(=O)N2)C1. The molecule has 1 aromatic rings. The van der Waals surface area contributed by atoms with Gasteiger partial charge in [-0.3, -0.25) is 9.59 Å². The molecule has 0 unspecified atom stereocenters. The van der Waals surface area contributed by atoms with E-state index in [-0.39, 0.29) is 23.5 Å². The van der Waals surface area contributed by atoms with Gasteiger partial charge in [0.1, 0.15) is 5.82 Å². The molecular formula is C18H23FN2O3. The number of likely N-dealkylation sites (tertiary alicyclic amines) is 1. The second kappa shape index (κ2) is 6.89. The molecule has 6 heteroatoms. The van der Waals surface area contributed by atoms with Gasteiger partial charge in [0, 0.05) is 32.5 Å². The Kier molecular flexibility index (Phi) is 4.85. The number of nitrogens with zero attached hydrogens (tertiary/aromatic N) is 1. The predicted octanol–water partition coefficient (Wildman–Crippen LogP) is 1.83. The zero-order valence-corrected chi connectivity index (χ0v) is 13.9. The Bertz CT molecular complexity index is 636. The molecule has 3 rings (SSSR count). The van der Waals surface area contributed by atoms with E-state index >= 15 is 0 Å². The third kappa shape index (κ3) is 3.15. The Labute approximate surface area is 141 Å². The van der Waals surface area contributed by atoms with Gasteiger partial charge in [-0.25, -0.2) is 4.39 Å². The molecule has 2 aliphatic heterocycles. The molecule has 1 N–H and O–H groups in total. The van der Waals surface area contributed by atoms with Gasteiger partial charge in [0.2, 0.25) is 11.8 Å². The minimum Gasteiger partial charge on any atom is -0.384 e. The molecule has 2 saturated heterocycles. The summed E-state index contributed by atoms with van der Waals surface area (Å²) >= 11 is 0. The molecule has 0 bridgehead atoms. The molecule has 5 nitrogen and oxygen atoms in total. The summed E-state index contributed by atoms with van der Waals surface area (Å²) in [6.45, 7) is 1.21. The summed E-state index contributed by atoms with van der Waals surface area (Å²) in [7, 11) is 1.56. The van der Waals surface area contributed by atoms with Crippen molar-refractivity contribution in [3.8, 4) is 0 Å². The Morgan fingerprint density at radius 3 is 2.96 bits per heavy atom. The van der Waals surface area contributed by atoms with Crippen LogP contribution in [0.2, 0.25) is 0 Å². The van der Waals surface area contributed by atoms with Crippen molar-refractivity contribution in [2.45, 2.75) is 37.1 Å². The van der Waals surface area contributed by atoms with Crippen molar-refractivity contribution < 1.29 is 18.7 Å². The van der Waals surface area contributed by atoms with Crippen LogP contribution in [0.5, 0.6) is 0 Å². The van der Waals surface area contributed by atoms with Crippen molar-refractivity contribution in [3.63, 3.8) is 0 Å². The van der Waals surface area contributed by atoms with Crippen LogP contribution in [0.3, 0.4) is 0 Å². The van der Waals surface area contributed by atoms with E-state index in [1.165, 1.54) is 6.07 Å². The molecule has 2 amide bonds. The van der Waals surface area contributed by atoms with Crippen LogP contribution >= 0.6 is 0 Å². The molecule has 2 heterocycles. The Hall–Kier alpha value is -1.95. The summed E-state index contributed by atoms with van der Waals surface area (Å²) in [5.41, 5.74) is 0.00187. The number of hydrogen-bond donors (Lipinski definition) is 1. The number of carbonyl (C=O) groups is 2. The Morgan fingerprint density at radius 1 is 1.46 bits per heavy atom. The lowest BCUT2D eigenvalue weighted by molar-refractivity contribution is -0.132. The van der Waals surface area contributed by atoms with Crippen molar-refractivity contribution in [1.29, 1.82) is 0 Å². The van der Waals surface area contributed by atoms with Gasteiger partial charge in [-0.15, -0.1) is 0 Å². The second-order valence-corrected chi connectivity index (χ2v) is 6.65. The number of rotatable bonds is 4. The maximum Gasteiger partial charge on any atom is 0.224 e.